The average molecular weight is 357 g/mol. The average Bonchev–Trinajstić information content (AvgIpc) is 2.61. The first-order valence-electron chi connectivity index (χ1n) is 7.74. The monoisotopic (exact) mass is 357 g/mol. The van der Waals surface area contributed by atoms with E-state index in [4.69, 9.17) is 0 Å². The van der Waals surface area contributed by atoms with Crippen LogP contribution in [-0.2, 0) is 14.4 Å². The summed E-state index contributed by atoms with van der Waals surface area (Å²) in [5.74, 6) is -5.35. The van der Waals surface area contributed by atoms with Crippen LogP contribution in [0.25, 0.3) is 0 Å². The lowest BCUT2D eigenvalue weighted by molar-refractivity contribution is -0.135. The molecule has 9 heteroatoms. The maximum Gasteiger partial charge on any atom is 0.224 e. The lowest BCUT2D eigenvalue weighted by atomic mass is 10.2. The van der Waals surface area contributed by atoms with Crippen LogP contribution in [0, 0.1) is 17.5 Å². The van der Waals surface area contributed by atoms with Gasteiger partial charge in [0.15, 0.2) is 17.5 Å². The molecule has 1 saturated heterocycles. The van der Waals surface area contributed by atoms with E-state index in [1.807, 2.05) is 0 Å². The highest BCUT2D eigenvalue weighted by Gasteiger charge is 2.24. The molecular weight excluding hydrogens is 339 g/mol. The van der Waals surface area contributed by atoms with E-state index in [1.165, 1.54) is 0 Å². The molecule has 0 spiro atoms. The molecule has 0 bridgehead atoms. The van der Waals surface area contributed by atoms with Crippen LogP contribution in [0.2, 0.25) is 0 Å². The van der Waals surface area contributed by atoms with Crippen LogP contribution in [0.4, 0.5) is 18.9 Å². The van der Waals surface area contributed by atoms with Gasteiger partial charge in [0.25, 0.3) is 0 Å². The summed E-state index contributed by atoms with van der Waals surface area (Å²) in [6.07, 6.45) is 0.615. The minimum Gasteiger partial charge on any atom is -0.342 e. The smallest absolute Gasteiger partial charge is 0.224 e. The van der Waals surface area contributed by atoms with Gasteiger partial charge in [0.2, 0.25) is 18.2 Å². The first-order valence-corrected chi connectivity index (χ1v) is 7.74. The highest BCUT2D eigenvalue weighted by Crippen LogP contribution is 2.24. The second kappa shape index (κ2) is 8.00. The normalized spacial score (nSPS) is 14.4. The SMILES string of the molecule is CC(=O)N(CCC(=O)N1CCN(C=O)CC1)c1ccc(F)c(F)c1F. The van der Waals surface area contributed by atoms with Crippen LogP contribution in [0.1, 0.15) is 13.3 Å². The Morgan fingerprint density at radius 1 is 1.12 bits per heavy atom. The van der Waals surface area contributed by atoms with E-state index < -0.39 is 29.0 Å². The van der Waals surface area contributed by atoms with Crippen molar-refractivity contribution in [2.45, 2.75) is 13.3 Å². The lowest BCUT2D eigenvalue weighted by Crippen LogP contribution is -2.48. The first kappa shape index (κ1) is 18.8. The van der Waals surface area contributed by atoms with Crippen molar-refractivity contribution in [3.05, 3.63) is 29.6 Å². The molecule has 3 amide bonds. The van der Waals surface area contributed by atoms with Gasteiger partial charge in [-0.1, -0.05) is 0 Å². The fourth-order valence-corrected chi connectivity index (χ4v) is 2.61. The highest BCUT2D eigenvalue weighted by atomic mass is 19.2. The van der Waals surface area contributed by atoms with Gasteiger partial charge in [-0.2, -0.15) is 0 Å². The lowest BCUT2D eigenvalue weighted by Gasteiger charge is -2.33. The largest absolute Gasteiger partial charge is 0.342 e. The number of anilines is 1. The summed E-state index contributed by atoms with van der Waals surface area (Å²) in [7, 11) is 0. The van der Waals surface area contributed by atoms with Crippen molar-refractivity contribution >= 4 is 23.9 Å². The van der Waals surface area contributed by atoms with Crippen LogP contribution in [0.15, 0.2) is 12.1 Å². The Morgan fingerprint density at radius 3 is 2.32 bits per heavy atom. The predicted molar refractivity (Wildman–Crippen MR) is 83.2 cm³/mol. The molecule has 0 radical (unpaired) electrons. The number of carbonyl (C=O) groups excluding carboxylic acids is 3. The zero-order chi connectivity index (χ0) is 18.6. The third-order valence-corrected chi connectivity index (χ3v) is 4.05. The van der Waals surface area contributed by atoms with Crippen molar-refractivity contribution < 1.29 is 27.6 Å². The predicted octanol–water partition coefficient (Wildman–Crippen LogP) is 1.15. The number of nitrogens with zero attached hydrogens (tertiary/aromatic N) is 3. The number of amides is 3. The minimum absolute atomic E-state index is 0.0981. The Labute approximate surface area is 142 Å². The summed E-state index contributed by atoms with van der Waals surface area (Å²) >= 11 is 0. The molecule has 136 valence electrons. The van der Waals surface area contributed by atoms with Gasteiger partial charge in [-0.05, 0) is 12.1 Å². The molecule has 6 nitrogen and oxygen atoms in total. The topological polar surface area (TPSA) is 60.9 Å². The Morgan fingerprint density at radius 2 is 1.76 bits per heavy atom. The molecule has 1 aromatic carbocycles. The molecule has 1 aliphatic heterocycles. The van der Waals surface area contributed by atoms with E-state index in [0.717, 1.165) is 24.0 Å². The van der Waals surface area contributed by atoms with Crippen molar-refractivity contribution in [3.8, 4) is 0 Å². The molecule has 1 aromatic rings. The molecule has 0 unspecified atom stereocenters. The maximum absolute atomic E-state index is 13.9. The van der Waals surface area contributed by atoms with E-state index >= 15 is 0 Å². The first-order chi connectivity index (χ1) is 11.8. The zero-order valence-corrected chi connectivity index (χ0v) is 13.7. The molecule has 2 rings (SSSR count). The maximum atomic E-state index is 13.9. The van der Waals surface area contributed by atoms with Crippen LogP contribution in [-0.4, -0.2) is 60.7 Å². The Kier molecular flexibility index (Phi) is 6.00. The fourth-order valence-electron chi connectivity index (χ4n) is 2.61. The summed E-state index contributed by atoms with van der Waals surface area (Å²) < 4.78 is 40.3. The van der Waals surface area contributed by atoms with Gasteiger partial charge in [-0.25, -0.2) is 13.2 Å². The van der Waals surface area contributed by atoms with Crippen molar-refractivity contribution in [3.63, 3.8) is 0 Å². The number of piperazine rings is 1. The number of carbonyl (C=O) groups is 3. The summed E-state index contributed by atoms with van der Waals surface area (Å²) in [5.41, 5.74) is -0.412. The minimum atomic E-state index is -1.67. The number of hydrogen-bond donors (Lipinski definition) is 0. The van der Waals surface area contributed by atoms with E-state index in [-0.39, 0.29) is 18.9 Å². The molecule has 1 fully saturated rings. The van der Waals surface area contributed by atoms with Gasteiger partial charge >= 0.3 is 0 Å². The van der Waals surface area contributed by atoms with Gasteiger partial charge < -0.3 is 14.7 Å². The second-order valence-corrected chi connectivity index (χ2v) is 5.64. The third-order valence-electron chi connectivity index (χ3n) is 4.05. The van der Waals surface area contributed by atoms with Crippen molar-refractivity contribution in [2.75, 3.05) is 37.6 Å². The molecular formula is C16H18F3N3O3. The molecule has 0 saturated carbocycles. The second-order valence-electron chi connectivity index (χ2n) is 5.64. The molecule has 1 aliphatic rings. The number of hydrogen-bond acceptors (Lipinski definition) is 3. The number of rotatable bonds is 5. The number of benzene rings is 1. The third kappa shape index (κ3) is 4.28. The van der Waals surface area contributed by atoms with Gasteiger partial charge in [0, 0.05) is 46.1 Å². The highest BCUT2D eigenvalue weighted by molar-refractivity contribution is 5.92. The van der Waals surface area contributed by atoms with Crippen LogP contribution < -0.4 is 4.90 Å². The van der Waals surface area contributed by atoms with E-state index in [1.54, 1.807) is 9.80 Å². The Hall–Kier alpha value is -2.58. The standard InChI is InChI=1S/C16H18F3N3O3/c1-11(24)22(13-3-2-12(17)15(18)16(13)19)5-4-14(25)21-8-6-20(10-23)7-9-21/h2-3,10H,4-9H2,1H3. The fraction of sp³-hybridized carbons (Fsp3) is 0.438. The van der Waals surface area contributed by atoms with E-state index in [0.29, 0.717) is 32.6 Å². The van der Waals surface area contributed by atoms with E-state index in [9.17, 15) is 27.6 Å². The number of halogens is 3. The molecule has 25 heavy (non-hydrogen) atoms. The molecule has 1 heterocycles. The van der Waals surface area contributed by atoms with Crippen molar-refractivity contribution in [1.82, 2.24) is 9.80 Å². The molecule has 0 aliphatic carbocycles. The zero-order valence-electron chi connectivity index (χ0n) is 13.7. The van der Waals surface area contributed by atoms with Gasteiger partial charge in [0.05, 0.1) is 5.69 Å². The molecule has 0 atom stereocenters. The van der Waals surface area contributed by atoms with Crippen LogP contribution in [0.3, 0.4) is 0 Å². The van der Waals surface area contributed by atoms with Crippen LogP contribution >= 0.6 is 0 Å². The van der Waals surface area contributed by atoms with Crippen molar-refractivity contribution in [1.29, 1.82) is 0 Å². The van der Waals surface area contributed by atoms with E-state index in [2.05, 4.69) is 0 Å². The Balaban J connectivity index is 2.03. The summed E-state index contributed by atoms with van der Waals surface area (Å²) in [6, 6.07) is 1.69. The molecule has 0 aromatic heterocycles. The van der Waals surface area contributed by atoms with Gasteiger partial charge in [0.1, 0.15) is 0 Å². The quantitative estimate of drug-likeness (QED) is 0.587. The summed E-state index contributed by atoms with van der Waals surface area (Å²) in [4.78, 5) is 38.6. The van der Waals surface area contributed by atoms with Crippen LogP contribution in [0.5, 0.6) is 0 Å². The summed E-state index contributed by atoms with van der Waals surface area (Å²) in [6.45, 7) is 2.57. The van der Waals surface area contributed by atoms with Gasteiger partial charge in [-0.15, -0.1) is 0 Å². The summed E-state index contributed by atoms with van der Waals surface area (Å²) in [5, 5.41) is 0. The van der Waals surface area contributed by atoms with Crippen molar-refractivity contribution in [2.24, 2.45) is 0 Å². The molecule has 0 N–H and O–H groups in total. The van der Waals surface area contributed by atoms with Gasteiger partial charge in [-0.3, -0.25) is 14.4 Å². The Bertz CT molecular complexity index is 676.